The van der Waals surface area contributed by atoms with Crippen molar-refractivity contribution in [3.8, 4) is 0 Å². The van der Waals surface area contributed by atoms with Gasteiger partial charge in [0, 0.05) is 13.1 Å². The van der Waals surface area contributed by atoms with Gasteiger partial charge in [-0.2, -0.15) is 0 Å². The Bertz CT molecular complexity index is 350. The zero-order valence-electron chi connectivity index (χ0n) is 10.8. The number of hydrogen-bond acceptors (Lipinski definition) is 1. The lowest BCUT2D eigenvalue weighted by molar-refractivity contribution is 0.240. The van der Waals surface area contributed by atoms with Gasteiger partial charge in [-0.3, -0.25) is 0 Å². The molecule has 17 heavy (non-hydrogen) atoms. The van der Waals surface area contributed by atoms with E-state index in [0.717, 1.165) is 24.9 Å². The first kappa shape index (κ1) is 13.6. The quantitative estimate of drug-likeness (QED) is 0.730. The van der Waals surface area contributed by atoms with Crippen LogP contribution in [0.15, 0.2) is 24.3 Å². The molecule has 1 aromatic carbocycles. The van der Waals surface area contributed by atoms with E-state index in [-0.39, 0.29) is 6.03 Å². The Hall–Kier alpha value is -1.51. The van der Waals surface area contributed by atoms with Crippen LogP contribution in [0.25, 0.3) is 0 Å². The van der Waals surface area contributed by atoms with Gasteiger partial charge in [0.15, 0.2) is 0 Å². The molecule has 0 aromatic heterocycles. The molecule has 0 radical (unpaired) electrons. The third-order valence-electron chi connectivity index (χ3n) is 2.60. The van der Waals surface area contributed by atoms with Crippen LogP contribution in [0.5, 0.6) is 0 Å². The Morgan fingerprint density at radius 1 is 1.24 bits per heavy atom. The van der Waals surface area contributed by atoms with Gasteiger partial charge < -0.3 is 10.6 Å². The molecule has 0 aliphatic rings. The van der Waals surface area contributed by atoms with Crippen molar-refractivity contribution < 1.29 is 4.79 Å². The summed E-state index contributed by atoms with van der Waals surface area (Å²) >= 11 is 0. The predicted molar refractivity (Wildman–Crippen MR) is 70.9 cm³/mol. The molecule has 0 bridgehead atoms. The molecule has 2 N–H and O–H groups in total. The molecule has 0 unspecified atom stereocenters. The van der Waals surface area contributed by atoms with E-state index in [1.54, 1.807) is 0 Å². The molecule has 0 spiro atoms. The molecule has 0 fully saturated rings. The lowest BCUT2D eigenvalue weighted by Crippen LogP contribution is -2.35. The van der Waals surface area contributed by atoms with Crippen LogP contribution in [0.2, 0.25) is 0 Å². The molecular weight excluding hydrogens is 212 g/mol. The maximum atomic E-state index is 11.4. The molecular formula is C14H22N2O. The molecule has 0 atom stereocenters. The molecule has 2 amide bonds. The van der Waals surface area contributed by atoms with Gasteiger partial charge in [0.05, 0.1) is 0 Å². The van der Waals surface area contributed by atoms with E-state index in [1.165, 1.54) is 12.0 Å². The number of benzene rings is 1. The third-order valence-corrected chi connectivity index (χ3v) is 2.60. The Morgan fingerprint density at radius 2 is 2.06 bits per heavy atom. The van der Waals surface area contributed by atoms with Gasteiger partial charge in [-0.15, -0.1) is 0 Å². The van der Waals surface area contributed by atoms with Crippen LogP contribution in [0.1, 0.15) is 37.3 Å². The van der Waals surface area contributed by atoms with Crippen LogP contribution < -0.4 is 10.6 Å². The third kappa shape index (κ3) is 5.95. The summed E-state index contributed by atoms with van der Waals surface area (Å²) in [4.78, 5) is 11.4. The van der Waals surface area contributed by atoms with Crippen molar-refractivity contribution in [2.75, 3.05) is 6.54 Å². The summed E-state index contributed by atoms with van der Waals surface area (Å²) in [5, 5.41) is 5.71. The van der Waals surface area contributed by atoms with Gasteiger partial charge >= 0.3 is 6.03 Å². The van der Waals surface area contributed by atoms with Crippen molar-refractivity contribution in [1.29, 1.82) is 0 Å². The SMILES string of the molecule is CCCCCNC(=O)NCc1cccc(C)c1. The predicted octanol–water partition coefficient (Wildman–Crippen LogP) is 2.98. The monoisotopic (exact) mass is 234 g/mol. The van der Waals surface area contributed by atoms with E-state index in [2.05, 4.69) is 23.6 Å². The van der Waals surface area contributed by atoms with Crippen molar-refractivity contribution in [2.45, 2.75) is 39.7 Å². The maximum Gasteiger partial charge on any atom is 0.315 e. The van der Waals surface area contributed by atoms with Gasteiger partial charge in [-0.1, -0.05) is 49.6 Å². The van der Waals surface area contributed by atoms with Gasteiger partial charge in [-0.25, -0.2) is 4.79 Å². The molecule has 0 saturated heterocycles. The summed E-state index contributed by atoms with van der Waals surface area (Å²) in [6.07, 6.45) is 3.39. The van der Waals surface area contributed by atoms with Crippen LogP contribution in [0, 0.1) is 6.92 Å². The first-order chi connectivity index (χ1) is 8.22. The van der Waals surface area contributed by atoms with Crippen LogP contribution in [-0.2, 0) is 6.54 Å². The molecule has 3 heteroatoms. The van der Waals surface area contributed by atoms with E-state index in [1.807, 2.05) is 25.1 Å². The van der Waals surface area contributed by atoms with Gasteiger partial charge in [-0.05, 0) is 18.9 Å². The number of carbonyl (C=O) groups excluding carboxylic acids is 1. The van der Waals surface area contributed by atoms with E-state index in [4.69, 9.17) is 0 Å². The highest BCUT2D eigenvalue weighted by Crippen LogP contribution is 2.02. The number of hydrogen-bond donors (Lipinski definition) is 2. The molecule has 0 heterocycles. The van der Waals surface area contributed by atoms with Gasteiger partial charge in [0.1, 0.15) is 0 Å². The summed E-state index contributed by atoms with van der Waals surface area (Å²) < 4.78 is 0. The van der Waals surface area contributed by atoms with Crippen molar-refractivity contribution >= 4 is 6.03 Å². The second-order valence-electron chi connectivity index (χ2n) is 4.31. The molecule has 3 nitrogen and oxygen atoms in total. The average Bonchev–Trinajstić information content (AvgIpc) is 2.32. The van der Waals surface area contributed by atoms with E-state index < -0.39 is 0 Å². The maximum absolute atomic E-state index is 11.4. The molecule has 94 valence electrons. The number of amides is 2. The number of rotatable bonds is 6. The Kier molecular flexibility index (Phi) is 6.15. The Morgan fingerprint density at radius 3 is 2.76 bits per heavy atom. The second kappa shape index (κ2) is 7.71. The zero-order valence-corrected chi connectivity index (χ0v) is 10.8. The standard InChI is InChI=1S/C14H22N2O/c1-3-4-5-9-15-14(17)16-11-13-8-6-7-12(2)10-13/h6-8,10H,3-5,9,11H2,1-2H3,(H2,15,16,17). The fraction of sp³-hybridized carbons (Fsp3) is 0.500. The summed E-state index contributed by atoms with van der Waals surface area (Å²) in [5.41, 5.74) is 2.35. The molecule has 0 saturated carbocycles. The highest BCUT2D eigenvalue weighted by Gasteiger charge is 1.99. The summed E-state index contributed by atoms with van der Waals surface area (Å²) in [6.45, 7) is 5.54. The first-order valence-corrected chi connectivity index (χ1v) is 6.29. The largest absolute Gasteiger partial charge is 0.338 e. The Balaban J connectivity index is 2.19. The van der Waals surface area contributed by atoms with Gasteiger partial charge in [0.2, 0.25) is 0 Å². The lowest BCUT2D eigenvalue weighted by atomic mass is 10.1. The van der Waals surface area contributed by atoms with E-state index in [0.29, 0.717) is 6.54 Å². The number of nitrogens with one attached hydrogen (secondary N) is 2. The molecule has 0 aliphatic carbocycles. The van der Waals surface area contributed by atoms with E-state index >= 15 is 0 Å². The smallest absolute Gasteiger partial charge is 0.315 e. The molecule has 1 rings (SSSR count). The van der Waals surface area contributed by atoms with Crippen molar-refractivity contribution in [3.63, 3.8) is 0 Å². The van der Waals surface area contributed by atoms with Gasteiger partial charge in [0.25, 0.3) is 0 Å². The number of carbonyl (C=O) groups is 1. The highest BCUT2D eigenvalue weighted by atomic mass is 16.2. The lowest BCUT2D eigenvalue weighted by Gasteiger charge is -2.07. The van der Waals surface area contributed by atoms with Crippen LogP contribution >= 0.6 is 0 Å². The minimum Gasteiger partial charge on any atom is -0.338 e. The van der Waals surface area contributed by atoms with Crippen LogP contribution in [0.3, 0.4) is 0 Å². The van der Waals surface area contributed by atoms with Crippen molar-refractivity contribution in [2.24, 2.45) is 0 Å². The molecule has 1 aromatic rings. The summed E-state index contributed by atoms with van der Waals surface area (Å²) in [5.74, 6) is 0. The minimum atomic E-state index is -0.0809. The number of urea groups is 1. The van der Waals surface area contributed by atoms with E-state index in [9.17, 15) is 4.79 Å². The van der Waals surface area contributed by atoms with Crippen LogP contribution in [0.4, 0.5) is 4.79 Å². The summed E-state index contributed by atoms with van der Waals surface area (Å²) in [6, 6.07) is 8.07. The zero-order chi connectivity index (χ0) is 12.5. The highest BCUT2D eigenvalue weighted by molar-refractivity contribution is 5.73. The Labute approximate surface area is 104 Å². The minimum absolute atomic E-state index is 0.0809. The first-order valence-electron chi connectivity index (χ1n) is 6.29. The topological polar surface area (TPSA) is 41.1 Å². The second-order valence-corrected chi connectivity index (χ2v) is 4.31. The van der Waals surface area contributed by atoms with Crippen LogP contribution in [-0.4, -0.2) is 12.6 Å². The number of aryl methyl sites for hydroxylation is 1. The number of unbranched alkanes of at least 4 members (excludes halogenated alkanes) is 2. The fourth-order valence-corrected chi connectivity index (χ4v) is 1.64. The average molecular weight is 234 g/mol. The fourth-order valence-electron chi connectivity index (χ4n) is 1.64. The van der Waals surface area contributed by atoms with Crippen molar-refractivity contribution in [1.82, 2.24) is 10.6 Å². The normalized spacial score (nSPS) is 10.0. The summed E-state index contributed by atoms with van der Waals surface area (Å²) in [7, 11) is 0. The van der Waals surface area contributed by atoms with Crippen molar-refractivity contribution in [3.05, 3.63) is 35.4 Å². The molecule has 0 aliphatic heterocycles.